The molecule has 18 heavy (non-hydrogen) atoms. The summed E-state index contributed by atoms with van der Waals surface area (Å²) in [5.74, 6) is 0. The van der Waals surface area contributed by atoms with E-state index in [4.69, 9.17) is 29.6 Å². The van der Waals surface area contributed by atoms with E-state index in [1.807, 2.05) is 19.9 Å². The zero-order chi connectivity index (χ0) is 13.3. The third-order valence-corrected chi connectivity index (χ3v) is 4.04. The summed E-state index contributed by atoms with van der Waals surface area (Å²) in [5, 5.41) is 4.60. The molecule has 2 aromatic rings. The largest absolute Gasteiger partial charge is 0.389 e. The van der Waals surface area contributed by atoms with Crippen LogP contribution in [0.1, 0.15) is 16.1 Å². The number of thiocarbonyl (C=S) groups is 1. The van der Waals surface area contributed by atoms with Crippen LogP contribution in [0.3, 0.4) is 0 Å². The molecule has 3 nitrogen and oxygen atoms in total. The first kappa shape index (κ1) is 13.3. The topological polar surface area (TPSA) is 50.9 Å². The normalized spacial score (nSPS) is 10.4. The number of aryl methyl sites for hydroxylation is 2. The smallest absolute Gasteiger partial charge is 0.187 e. The van der Waals surface area contributed by atoms with Crippen LogP contribution in [0.5, 0.6) is 0 Å². The number of nitrogens with zero attached hydrogens (tertiary/aromatic N) is 1. The van der Waals surface area contributed by atoms with Crippen molar-refractivity contribution < 1.29 is 0 Å². The molecule has 0 radical (unpaired) electrons. The zero-order valence-corrected chi connectivity index (χ0v) is 12.3. The van der Waals surface area contributed by atoms with Crippen LogP contribution in [-0.2, 0) is 0 Å². The average Bonchev–Trinajstić information content (AvgIpc) is 2.57. The van der Waals surface area contributed by atoms with Gasteiger partial charge in [-0.2, -0.15) is 0 Å². The number of halogens is 1. The number of nitrogens with two attached hydrogens (primary N) is 1. The molecule has 0 aliphatic heterocycles. The van der Waals surface area contributed by atoms with Gasteiger partial charge in [-0.3, -0.25) is 0 Å². The molecule has 0 unspecified atom stereocenters. The predicted molar refractivity (Wildman–Crippen MR) is 82.2 cm³/mol. The van der Waals surface area contributed by atoms with E-state index in [0.29, 0.717) is 15.6 Å². The van der Waals surface area contributed by atoms with E-state index in [9.17, 15) is 0 Å². The molecule has 0 saturated carbocycles. The number of thiazole rings is 1. The van der Waals surface area contributed by atoms with E-state index >= 15 is 0 Å². The minimum absolute atomic E-state index is 0.299. The molecule has 0 saturated heterocycles. The quantitative estimate of drug-likeness (QED) is 0.846. The number of nitrogens with one attached hydrogen (secondary N) is 1. The van der Waals surface area contributed by atoms with Crippen LogP contribution >= 0.6 is 35.2 Å². The van der Waals surface area contributed by atoms with E-state index in [-0.39, 0.29) is 0 Å². The summed E-state index contributed by atoms with van der Waals surface area (Å²) < 4.78 is 0. The lowest BCUT2D eigenvalue weighted by Gasteiger charge is -2.06. The third-order valence-electron chi connectivity index (χ3n) is 2.51. The summed E-state index contributed by atoms with van der Waals surface area (Å²) in [6.07, 6.45) is 0. The Kier molecular flexibility index (Phi) is 3.85. The van der Waals surface area contributed by atoms with Gasteiger partial charge in [0.05, 0.1) is 10.7 Å². The van der Waals surface area contributed by atoms with Crippen molar-refractivity contribution in [2.75, 3.05) is 5.32 Å². The van der Waals surface area contributed by atoms with Gasteiger partial charge in [-0.1, -0.05) is 23.8 Å². The number of rotatable bonds is 3. The van der Waals surface area contributed by atoms with Gasteiger partial charge in [0.2, 0.25) is 0 Å². The Hall–Kier alpha value is -1.17. The van der Waals surface area contributed by atoms with E-state index in [0.717, 1.165) is 16.5 Å². The van der Waals surface area contributed by atoms with E-state index < -0.39 is 0 Å². The van der Waals surface area contributed by atoms with Gasteiger partial charge in [-0.25, -0.2) is 4.98 Å². The standard InChI is InChI=1S/C12H12ClN3S2/c1-6-7(2)18-12(15-6)16-8-3-4-9(11(14)17)10(13)5-8/h3-5H,1-2H3,(H2,14,17)(H,15,16). The fourth-order valence-electron chi connectivity index (χ4n) is 1.44. The molecule has 2 rings (SSSR count). The molecule has 0 aliphatic rings. The van der Waals surface area contributed by atoms with Crippen molar-refractivity contribution in [3.8, 4) is 0 Å². The van der Waals surface area contributed by atoms with Crippen LogP contribution in [0.25, 0.3) is 0 Å². The van der Waals surface area contributed by atoms with Gasteiger partial charge >= 0.3 is 0 Å². The monoisotopic (exact) mass is 297 g/mol. The Morgan fingerprint density at radius 1 is 1.44 bits per heavy atom. The number of hydrogen-bond donors (Lipinski definition) is 2. The van der Waals surface area contributed by atoms with Crippen LogP contribution in [0.15, 0.2) is 18.2 Å². The molecular weight excluding hydrogens is 286 g/mol. The number of aromatic nitrogens is 1. The second-order valence-corrected chi connectivity index (χ2v) is 5.89. The van der Waals surface area contributed by atoms with Crippen molar-refractivity contribution in [1.82, 2.24) is 4.98 Å². The van der Waals surface area contributed by atoms with Gasteiger partial charge in [0.25, 0.3) is 0 Å². The van der Waals surface area contributed by atoms with E-state index in [1.54, 1.807) is 23.5 Å². The SMILES string of the molecule is Cc1nc(Nc2ccc(C(N)=S)c(Cl)c2)sc1C. The predicted octanol–water partition coefficient (Wildman–Crippen LogP) is 3.79. The number of anilines is 2. The van der Waals surface area contributed by atoms with Crippen molar-refractivity contribution in [2.45, 2.75) is 13.8 Å². The Morgan fingerprint density at radius 3 is 2.67 bits per heavy atom. The molecular formula is C12H12ClN3S2. The molecule has 0 fully saturated rings. The van der Waals surface area contributed by atoms with Crippen LogP contribution in [0.4, 0.5) is 10.8 Å². The zero-order valence-electron chi connectivity index (χ0n) is 9.95. The Balaban J connectivity index is 2.25. The van der Waals surface area contributed by atoms with Gasteiger partial charge in [-0.15, -0.1) is 11.3 Å². The Bertz CT molecular complexity index is 588. The molecule has 3 N–H and O–H groups in total. The van der Waals surface area contributed by atoms with Crippen molar-refractivity contribution in [2.24, 2.45) is 5.73 Å². The van der Waals surface area contributed by atoms with Crippen molar-refractivity contribution in [3.05, 3.63) is 39.4 Å². The summed E-state index contributed by atoms with van der Waals surface area (Å²) in [7, 11) is 0. The third kappa shape index (κ3) is 2.80. The lowest BCUT2D eigenvalue weighted by Crippen LogP contribution is -2.09. The van der Waals surface area contributed by atoms with Gasteiger partial charge in [-0.05, 0) is 32.0 Å². The average molecular weight is 298 g/mol. The minimum atomic E-state index is 0.299. The Labute approximate surface area is 120 Å². The maximum absolute atomic E-state index is 6.10. The molecule has 0 aliphatic carbocycles. The molecule has 0 atom stereocenters. The second kappa shape index (κ2) is 5.22. The minimum Gasteiger partial charge on any atom is -0.389 e. The van der Waals surface area contributed by atoms with Crippen LogP contribution in [-0.4, -0.2) is 9.97 Å². The molecule has 6 heteroatoms. The molecule has 1 aromatic carbocycles. The first-order valence-corrected chi connectivity index (χ1v) is 6.88. The van der Waals surface area contributed by atoms with Crippen molar-refractivity contribution in [3.63, 3.8) is 0 Å². The molecule has 0 bridgehead atoms. The summed E-state index contributed by atoms with van der Waals surface area (Å²) in [5.41, 5.74) is 8.15. The fraction of sp³-hybridized carbons (Fsp3) is 0.167. The fourth-order valence-corrected chi connectivity index (χ4v) is 2.79. The maximum Gasteiger partial charge on any atom is 0.187 e. The lowest BCUT2D eigenvalue weighted by atomic mass is 10.2. The molecule has 1 aromatic heterocycles. The summed E-state index contributed by atoms with van der Waals surface area (Å²) in [6.45, 7) is 4.03. The molecule has 0 amide bonds. The van der Waals surface area contributed by atoms with Gasteiger partial charge in [0, 0.05) is 16.1 Å². The number of hydrogen-bond acceptors (Lipinski definition) is 4. The van der Waals surface area contributed by atoms with Gasteiger partial charge < -0.3 is 11.1 Å². The summed E-state index contributed by atoms with van der Waals surface area (Å²) in [6, 6.07) is 5.48. The molecule has 94 valence electrons. The van der Waals surface area contributed by atoms with Crippen LogP contribution in [0.2, 0.25) is 5.02 Å². The van der Waals surface area contributed by atoms with Gasteiger partial charge in [0.15, 0.2) is 5.13 Å². The van der Waals surface area contributed by atoms with E-state index in [2.05, 4.69) is 10.3 Å². The highest BCUT2D eigenvalue weighted by atomic mass is 35.5. The summed E-state index contributed by atoms with van der Waals surface area (Å²) in [4.78, 5) is 5.90. The van der Waals surface area contributed by atoms with Crippen molar-refractivity contribution >= 4 is 51.0 Å². The highest BCUT2D eigenvalue weighted by molar-refractivity contribution is 7.80. The highest BCUT2D eigenvalue weighted by Crippen LogP contribution is 2.27. The van der Waals surface area contributed by atoms with Gasteiger partial charge in [0.1, 0.15) is 4.99 Å². The lowest BCUT2D eigenvalue weighted by molar-refractivity contribution is 1.23. The molecule has 0 spiro atoms. The first-order chi connectivity index (χ1) is 8.47. The Morgan fingerprint density at radius 2 is 2.17 bits per heavy atom. The second-order valence-electron chi connectivity index (χ2n) is 3.84. The highest BCUT2D eigenvalue weighted by Gasteiger charge is 2.07. The first-order valence-electron chi connectivity index (χ1n) is 5.28. The molecule has 1 heterocycles. The maximum atomic E-state index is 6.10. The number of benzene rings is 1. The van der Waals surface area contributed by atoms with Crippen molar-refractivity contribution in [1.29, 1.82) is 0 Å². The van der Waals surface area contributed by atoms with Crippen LogP contribution < -0.4 is 11.1 Å². The van der Waals surface area contributed by atoms with Crippen LogP contribution in [0, 0.1) is 13.8 Å². The van der Waals surface area contributed by atoms with E-state index in [1.165, 1.54) is 4.88 Å². The summed E-state index contributed by atoms with van der Waals surface area (Å²) >= 11 is 12.6.